The van der Waals surface area contributed by atoms with E-state index < -0.39 is 6.04 Å². The van der Waals surface area contributed by atoms with Crippen LogP contribution >= 0.6 is 0 Å². The van der Waals surface area contributed by atoms with E-state index in [-0.39, 0.29) is 12.5 Å². The third kappa shape index (κ3) is 4.10. The molecule has 94 valence electrons. The fourth-order valence-electron chi connectivity index (χ4n) is 1.51. The molecule has 3 N–H and O–H groups in total. The Morgan fingerprint density at radius 3 is 2.94 bits per heavy atom. The number of nitrogens with two attached hydrogens (primary N) is 1. The predicted octanol–water partition coefficient (Wildman–Crippen LogP) is -0.482. The number of carbonyl (C=O) groups is 1. The van der Waals surface area contributed by atoms with Crippen LogP contribution < -0.4 is 11.3 Å². The van der Waals surface area contributed by atoms with Crippen LogP contribution in [0, 0.1) is 0 Å². The first-order valence-corrected chi connectivity index (χ1v) is 5.28. The van der Waals surface area contributed by atoms with Crippen molar-refractivity contribution in [2.24, 2.45) is 5.84 Å². The number of aromatic nitrogens is 1. The maximum absolute atomic E-state index is 11.6. The molecule has 1 aromatic rings. The average Bonchev–Trinajstić information content (AvgIpc) is 2.36. The summed E-state index contributed by atoms with van der Waals surface area (Å²) in [6.07, 6.45) is 1.72. The van der Waals surface area contributed by atoms with E-state index in [4.69, 9.17) is 10.6 Å². The molecule has 6 heteroatoms. The van der Waals surface area contributed by atoms with Gasteiger partial charge >= 0.3 is 0 Å². The second-order valence-corrected chi connectivity index (χ2v) is 3.72. The maximum atomic E-state index is 11.6. The lowest BCUT2D eigenvalue weighted by Gasteiger charge is -2.25. The zero-order valence-corrected chi connectivity index (χ0v) is 10.1. The number of nitrogens with one attached hydrogen (secondary N) is 1. The molecule has 1 unspecified atom stereocenters. The van der Waals surface area contributed by atoms with Gasteiger partial charge < -0.3 is 4.74 Å². The molecule has 1 aromatic heterocycles. The highest BCUT2D eigenvalue weighted by Gasteiger charge is 2.22. The second-order valence-electron chi connectivity index (χ2n) is 3.72. The van der Waals surface area contributed by atoms with E-state index in [2.05, 4.69) is 10.4 Å². The Balaban J connectivity index is 2.65. The largest absolute Gasteiger partial charge is 0.383 e. The van der Waals surface area contributed by atoms with E-state index >= 15 is 0 Å². The van der Waals surface area contributed by atoms with Crippen molar-refractivity contribution in [3.63, 3.8) is 0 Å². The zero-order valence-electron chi connectivity index (χ0n) is 10.1. The van der Waals surface area contributed by atoms with Gasteiger partial charge in [-0.25, -0.2) is 5.84 Å². The number of likely N-dealkylation sites (N-methyl/N-ethyl adjacent to an activating group) is 1. The van der Waals surface area contributed by atoms with Crippen LogP contribution in [-0.2, 0) is 16.1 Å². The number of hydrogen-bond donors (Lipinski definition) is 2. The molecule has 0 saturated carbocycles. The summed E-state index contributed by atoms with van der Waals surface area (Å²) in [5.74, 6) is 4.86. The first kappa shape index (κ1) is 13.6. The lowest BCUT2D eigenvalue weighted by atomic mass is 10.2. The topological polar surface area (TPSA) is 80.5 Å². The van der Waals surface area contributed by atoms with Crippen LogP contribution in [0.2, 0.25) is 0 Å². The standard InChI is InChI=1S/C11H18N4O2/c1-15(7-9-5-3-4-6-13-9)10(8-17-2)11(16)14-12/h3-6,10H,7-8,12H2,1-2H3,(H,14,16). The summed E-state index contributed by atoms with van der Waals surface area (Å²) < 4.78 is 5.01. The molecule has 0 aliphatic carbocycles. The molecule has 0 radical (unpaired) electrons. The number of carbonyl (C=O) groups excluding carboxylic acids is 1. The Kier molecular flexibility index (Phi) is 5.55. The third-order valence-corrected chi connectivity index (χ3v) is 2.44. The average molecular weight is 238 g/mol. The summed E-state index contributed by atoms with van der Waals surface area (Å²) in [5.41, 5.74) is 3.03. The maximum Gasteiger partial charge on any atom is 0.253 e. The van der Waals surface area contributed by atoms with Crippen molar-refractivity contribution < 1.29 is 9.53 Å². The molecule has 1 amide bonds. The summed E-state index contributed by atoms with van der Waals surface area (Å²) in [6, 6.07) is 5.24. The van der Waals surface area contributed by atoms with Crippen molar-refractivity contribution in [3.8, 4) is 0 Å². The molecule has 1 rings (SSSR count). The van der Waals surface area contributed by atoms with Crippen LogP contribution in [0.3, 0.4) is 0 Å². The van der Waals surface area contributed by atoms with Crippen LogP contribution in [0.4, 0.5) is 0 Å². The molecule has 0 fully saturated rings. The van der Waals surface area contributed by atoms with E-state index in [0.717, 1.165) is 5.69 Å². The second kappa shape index (κ2) is 6.95. The summed E-state index contributed by atoms with van der Waals surface area (Å²) in [5, 5.41) is 0. The quantitative estimate of drug-likeness (QED) is 0.397. The molecule has 1 heterocycles. The first-order valence-electron chi connectivity index (χ1n) is 5.28. The van der Waals surface area contributed by atoms with Crippen molar-refractivity contribution in [2.75, 3.05) is 20.8 Å². The molecule has 6 nitrogen and oxygen atoms in total. The first-order chi connectivity index (χ1) is 8.19. The van der Waals surface area contributed by atoms with Gasteiger partial charge in [-0.1, -0.05) is 6.07 Å². The summed E-state index contributed by atoms with van der Waals surface area (Å²) in [7, 11) is 3.37. The Bertz CT molecular complexity index is 345. The minimum atomic E-state index is -0.424. The fraction of sp³-hybridized carbons (Fsp3) is 0.455. The minimum Gasteiger partial charge on any atom is -0.383 e. The minimum absolute atomic E-state index is 0.273. The monoisotopic (exact) mass is 238 g/mol. The number of hydrazine groups is 1. The van der Waals surface area contributed by atoms with Crippen LogP contribution in [0.5, 0.6) is 0 Å². The van der Waals surface area contributed by atoms with Gasteiger partial charge in [0, 0.05) is 19.9 Å². The van der Waals surface area contributed by atoms with Crippen molar-refractivity contribution >= 4 is 5.91 Å². The number of rotatable bonds is 6. The van der Waals surface area contributed by atoms with Gasteiger partial charge in [-0.15, -0.1) is 0 Å². The Hall–Kier alpha value is -1.50. The van der Waals surface area contributed by atoms with Crippen molar-refractivity contribution in [3.05, 3.63) is 30.1 Å². The third-order valence-electron chi connectivity index (χ3n) is 2.44. The normalized spacial score (nSPS) is 12.5. The Labute approximate surface area is 101 Å². The van der Waals surface area contributed by atoms with E-state index in [1.54, 1.807) is 13.3 Å². The Morgan fingerprint density at radius 1 is 1.65 bits per heavy atom. The van der Waals surface area contributed by atoms with E-state index in [9.17, 15) is 4.79 Å². The van der Waals surface area contributed by atoms with Gasteiger partial charge in [0.2, 0.25) is 0 Å². The Morgan fingerprint density at radius 2 is 2.41 bits per heavy atom. The number of ether oxygens (including phenoxy) is 1. The predicted molar refractivity (Wildman–Crippen MR) is 63.7 cm³/mol. The van der Waals surface area contributed by atoms with Crippen LogP contribution in [0.25, 0.3) is 0 Å². The molecule has 0 bridgehead atoms. The number of nitrogens with zero attached hydrogens (tertiary/aromatic N) is 2. The highest BCUT2D eigenvalue weighted by atomic mass is 16.5. The molecule has 1 atom stereocenters. The smallest absolute Gasteiger partial charge is 0.253 e. The molecule has 0 aliphatic heterocycles. The van der Waals surface area contributed by atoms with Crippen LogP contribution in [0.15, 0.2) is 24.4 Å². The molecule has 17 heavy (non-hydrogen) atoms. The summed E-state index contributed by atoms with van der Waals surface area (Å²) in [6.45, 7) is 0.842. The van der Waals surface area contributed by atoms with Gasteiger partial charge in [-0.05, 0) is 19.2 Å². The zero-order chi connectivity index (χ0) is 12.7. The van der Waals surface area contributed by atoms with Gasteiger partial charge in [-0.3, -0.25) is 20.1 Å². The van der Waals surface area contributed by atoms with Crippen molar-refractivity contribution in [2.45, 2.75) is 12.6 Å². The van der Waals surface area contributed by atoms with E-state index in [1.807, 2.05) is 30.1 Å². The summed E-state index contributed by atoms with van der Waals surface area (Å²) in [4.78, 5) is 17.6. The number of amides is 1. The number of hydrogen-bond acceptors (Lipinski definition) is 5. The van der Waals surface area contributed by atoms with Gasteiger partial charge in [-0.2, -0.15) is 0 Å². The van der Waals surface area contributed by atoms with E-state index in [1.165, 1.54) is 0 Å². The van der Waals surface area contributed by atoms with Gasteiger partial charge in [0.05, 0.1) is 12.3 Å². The molecule has 0 aromatic carbocycles. The van der Waals surface area contributed by atoms with Gasteiger partial charge in [0.1, 0.15) is 6.04 Å². The van der Waals surface area contributed by atoms with Crippen molar-refractivity contribution in [1.29, 1.82) is 0 Å². The lowest BCUT2D eigenvalue weighted by Crippen LogP contribution is -2.49. The van der Waals surface area contributed by atoms with Gasteiger partial charge in [0.15, 0.2) is 0 Å². The molecular weight excluding hydrogens is 220 g/mol. The molecule has 0 spiro atoms. The van der Waals surface area contributed by atoms with Crippen LogP contribution in [0.1, 0.15) is 5.69 Å². The lowest BCUT2D eigenvalue weighted by molar-refractivity contribution is -0.128. The molecule has 0 aliphatic rings. The SMILES string of the molecule is COCC(C(=O)NN)N(C)Cc1ccccn1. The number of pyridine rings is 1. The van der Waals surface area contributed by atoms with Gasteiger partial charge in [0.25, 0.3) is 5.91 Å². The van der Waals surface area contributed by atoms with Crippen LogP contribution in [-0.4, -0.2) is 42.6 Å². The molecule has 0 saturated heterocycles. The van der Waals surface area contributed by atoms with E-state index in [0.29, 0.717) is 6.54 Å². The fourth-order valence-corrected chi connectivity index (χ4v) is 1.51. The highest BCUT2D eigenvalue weighted by molar-refractivity contribution is 5.81. The summed E-state index contributed by atoms with van der Waals surface area (Å²) >= 11 is 0. The van der Waals surface area contributed by atoms with Crippen molar-refractivity contribution in [1.82, 2.24) is 15.3 Å². The molecular formula is C11H18N4O2. The highest BCUT2D eigenvalue weighted by Crippen LogP contribution is 2.04. The number of methoxy groups -OCH3 is 1.